The highest BCUT2D eigenvalue weighted by atomic mass is 16.2. The third-order valence-corrected chi connectivity index (χ3v) is 5.73. The van der Waals surface area contributed by atoms with E-state index in [1.165, 1.54) is 12.0 Å². The van der Waals surface area contributed by atoms with Crippen LogP contribution in [0.1, 0.15) is 44.6 Å². The van der Waals surface area contributed by atoms with Crippen LogP contribution in [0.15, 0.2) is 36.9 Å². The lowest BCUT2D eigenvalue weighted by Crippen LogP contribution is -2.37. The molecule has 0 radical (unpaired) electrons. The number of amides is 1. The molecule has 30 heavy (non-hydrogen) atoms. The van der Waals surface area contributed by atoms with Crippen LogP contribution >= 0.6 is 0 Å². The molecule has 0 bridgehead atoms. The van der Waals surface area contributed by atoms with Crippen LogP contribution in [0.5, 0.6) is 0 Å². The smallest absolute Gasteiger partial charge is 0.222 e. The van der Waals surface area contributed by atoms with E-state index in [9.17, 15) is 4.79 Å². The van der Waals surface area contributed by atoms with Crippen molar-refractivity contribution < 1.29 is 4.79 Å². The number of carbonyl (C=O) groups is 1. The fraction of sp³-hybridized carbons (Fsp3) is 0.565. The topological polar surface area (TPSA) is 74.2 Å². The molecule has 1 aliphatic rings. The highest BCUT2D eigenvalue weighted by Gasteiger charge is 2.22. The molecule has 1 aliphatic heterocycles. The molecule has 3 rings (SSSR count). The Labute approximate surface area is 179 Å². The van der Waals surface area contributed by atoms with Gasteiger partial charge in [-0.3, -0.25) is 9.78 Å². The van der Waals surface area contributed by atoms with Crippen molar-refractivity contribution in [1.29, 1.82) is 0 Å². The van der Waals surface area contributed by atoms with Crippen LogP contribution in [0.25, 0.3) is 0 Å². The third kappa shape index (κ3) is 6.68. The number of aromatic nitrogens is 3. The second kappa shape index (κ2) is 11.5. The first-order chi connectivity index (χ1) is 14.7. The molecule has 0 unspecified atom stereocenters. The van der Waals surface area contributed by atoms with Gasteiger partial charge in [-0.25, -0.2) is 9.97 Å². The molecule has 1 amide bonds. The van der Waals surface area contributed by atoms with Gasteiger partial charge in [0.15, 0.2) is 0 Å². The van der Waals surface area contributed by atoms with Crippen molar-refractivity contribution in [2.75, 3.05) is 43.4 Å². The van der Waals surface area contributed by atoms with Crippen LogP contribution in [-0.2, 0) is 11.2 Å². The Bertz CT molecular complexity index is 784. The normalized spacial score (nSPS) is 16.3. The molecule has 1 saturated heterocycles. The monoisotopic (exact) mass is 410 g/mol. The summed E-state index contributed by atoms with van der Waals surface area (Å²) in [7, 11) is 1.91. The summed E-state index contributed by atoms with van der Waals surface area (Å²) >= 11 is 0. The Kier molecular flexibility index (Phi) is 8.41. The molecule has 2 aromatic heterocycles. The van der Waals surface area contributed by atoms with Gasteiger partial charge in [0.2, 0.25) is 5.91 Å². The average Bonchev–Trinajstić information content (AvgIpc) is 2.80. The lowest BCUT2D eigenvalue weighted by Gasteiger charge is -2.33. The van der Waals surface area contributed by atoms with Crippen molar-refractivity contribution in [3.8, 4) is 0 Å². The average molecular weight is 411 g/mol. The molecule has 1 fully saturated rings. The molecule has 1 N–H and O–H groups in total. The van der Waals surface area contributed by atoms with Crippen molar-refractivity contribution in [2.45, 2.75) is 45.4 Å². The predicted molar refractivity (Wildman–Crippen MR) is 121 cm³/mol. The van der Waals surface area contributed by atoms with Crippen molar-refractivity contribution in [2.24, 2.45) is 5.92 Å². The Morgan fingerprint density at radius 1 is 1.30 bits per heavy atom. The highest BCUT2D eigenvalue weighted by molar-refractivity contribution is 5.75. The van der Waals surface area contributed by atoms with Crippen molar-refractivity contribution in [3.05, 3.63) is 42.5 Å². The number of nitrogens with zero attached hydrogens (tertiary/aromatic N) is 5. The van der Waals surface area contributed by atoms with Crippen molar-refractivity contribution >= 4 is 17.5 Å². The quantitative estimate of drug-likeness (QED) is 0.647. The minimum Gasteiger partial charge on any atom is -0.370 e. The summed E-state index contributed by atoms with van der Waals surface area (Å²) in [6, 6.07) is 6.05. The highest BCUT2D eigenvalue weighted by Crippen LogP contribution is 2.25. The van der Waals surface area contributed by atoms with Crippen molar-refractivity contribution in [3.63, 3.8) is 0 Å². The van der Waals surface area contributed by atoms with E-state index < -0.39 is 0 Å². The molecule has 0 aromatic carbocycles. The SMILES string of the molecule is CCCNc1cc(N2CCC[C@@H](CCC(=O)N(C)CCc3ccncc3)C2)ncn1. The van der Waals surface area contributed by atoms with Crippen LogP contribution in [0.2, 0.25) is 0 Å². The van der Waals surface area contributed by atoms with Gasteiger partial charge in [0.05, 0.1) is 0 Å². The first kappa shape index (κ1) is 22.0. The summed E-state index contributed by atoms with van der Waals surface area (Å²) < 4.78 is 0. The fourth-order valence-corrected chi connectivity index (χ4v) is 3.87. The van der Waals surface area contributed by atoms with Crippen LogP contribution < -0.4 is 10.2 Å². The lowest BCUT2D eigenvalue weighted by atomic mass is 9.93. The number of hydrogen-bond acceptors (Lipinski definition) is 6. The minimum absolute atomic E-state index is 0.231. The number of likely N-dealkylation sites (N-methyl/N-ethyl adjacent to an activating group) is 1. The molecule has 3 heterocycles. The van der Waals surface area contributed by atoms with Gasteiger partial charge < -0.3 is 15.1 Å². The number of pyridine rings is 1. The maximum atomic E-state index is 12.6. The molecular weight excluding hydrogens is 376 g/mol. The van der Waals surface area contributed by atoms with Crippen LogP contribution in [-0.4, -0.2) is 59.0 Å². The first-order valence-corrected chi connectivity index (χ1v) is 11.1. The third-order valence-electron chi connectivity index (χ3n) is 5.73. The molecule has 162 valence electrons. The van der Waals surface area contributed by atoms with E-state index >= 15 is 0 Å². The Balaban J connectivity index is 1.45. The Hall–Kier alpha value is -2.70. The molecule has 0 spiro atoms. The van der Waals surface area contributed by atoms with Crippen molar-refractivity contribution in [1.82, 2.24) is 19.9 Å². The second-order valence-corrected chi connectivity index (χ2v) is 8.10. The van der Waals surface area contributed by atoms with Gasteiger partial charge >= 0.3 is 0 Å². The van der Waals surface area contributed by atoms with Gasteiger partial charge in [-0.2, -0.15) is 0 Å². The molecule has 2 aromatic rings. The lowest BCUT2D eigenvalue weighted by molar-refractivity contribution is -0.130. The van der Waals surface area contributed by atoms with E-state index in [4.69, 9.17) is 0 Å². The number of piperidine rings is 1. The zero-order valence-electron chi connectivity index (χ0n) is 18.3. The van der Waals surface area contributed by atoms with Crippen LogP contribution in [0.3, 0.4) is 0 Å². The van der Waals surface area contributed by atoms with Gasteiger partial charge in [-0.05, 0) is 55.7 Å². The molecule has 7 nitrogen and oxygen atoms in total. The number of anilines is 2. The Morgan fingerprint density at radius 2 is 2.13 bits per heavy atom. The molecule has 7 heteroatoms. The van der Waals surface area contributed by atoms with Crippen LogP contribution in [0.4, 0.5) is 11.6 Å². The number of rotatable bonds is 10. The number of carbonyl (C=O) groups excluding carboxylic acids is 1. The molecule has 1 atom stereocenters. The minimum atomic E-state index is 0.231. The zero-order chi connectivity index (χ0) is 21.2. The second-order valence-electron chi connectivity index (χ2n) is 8.10. The summed E-state index contributed by atoms with van der Waals surface area (Å²) in [6.45, 7) is 5.77. The summed E-state index contributed by atoms with van der Waals surface area (Å²) in [6.07, 6.45) is 11.0. The maximum absolute atomic E-state index is 12.6. The number of nitrogens with one attached hydrogen (secondary N) is 1. The van der Waals surface area contributed by atoms with E-state index in [1.807, 2.05) is 30.1 Å². The molecule has 0 aliphatic carbocycles. The number of hydrogen-bond donors (Lipinski definition) is 1. The standard InChI is InChI=1S/C23H34N6O/c1-3-11-25-21-16-22(27-18-26-21)29-14-4-5-20(17-29)6-7-23(30)28(2)15-10-19-8-12-24-13-9-19/h8-9,12-13,16,18,20H,3-7,10-11,14-15,17H2,1-2H3,(H,25,26,27)/t20-/m0/s1. The van der Waals surface area contributed by atoms with Gasteiger partial charge in [0.25, 0.3) is 0 Å². The van der Waals surface area contributed by atoms with Gasteiger partial charge in [-0.1, -0.05) is 6.92 Å². The van der Waals surface area contributed by atoms with E-state index in [0.717, 1.165) is 63.5 Å². The maximum Gasteiger partial charge on any atom is 0.222 e. The van der Waals surface area contributed by atoms with Crippen LogP contribution in [0, 0.1) is 5.92 Å². The predicted octanol–water partition coefficient (Wildman–Crippen LogP) is 3.39. The fourth-order valence-electron chi connectivity index (χ4n) is 3.87. The van der Waals surface area contributed by atoms with E-state index in [0.29, 0.717) is 12.3 Å². The van der Waals surface area contributed by atoms with Gasteiger partial charge in [0, 0.05) is 58.1 Å². The van der Waals surface area contributed by atoms with E-state index in [-0.39, 0.29) is 5.91 Å². The first-order valence-electron chi connectivity index (χ1n) is 11.1. The summed E-state index contributed by atoms with van der Waals surface area (Å²) in [5.41, 5.74) is 1.21. The summed E-state index contributed by atoms with van der Waals surface area (Å²) in [4.78, 5) is 29.6. The Morgan fingerprint density at radius 3 is 2.93 bits per heavy atom. The summed E-state index contributed by atoms with van der Waals surface area (Å²) in [5.74, 6) is 2.62. The molecule has 0 saturated carbocycles. The largest absolute Gasteiger partial charge is 0.370 e. The summed E-state index contributed by atoms with van der Waals surface area (Å²) in [5, 5.41) is 3.33. The molecular formula is C23H34N6O. The van der Waals surface area contributed by atoms with E-state index in [1.54, 1.807) is 18.7 Å². The zero-order valence-corrected chi connectivity index (χ0v) is 18.3. The van der Waals surface area contributed by atoms with Gasteiger partial charge in [-0.15, -0.1) is 0 Å². The van der Waals surface area contributed by atoms with Gasteiger partial charge in [0.1, 0.15) is 18.0 Å². The van der Waals surface area contributed by atoms with E-state index in [2.05, 4.69) is 32.1 Å².